The first-order valence-corrected chi connectivity index (χ1v) is 13.1. The van der Waals surface area contributed by atoms with E-state index in [0.29, 0.717) is 41.4 Å². The van der Waals surface area contributed by atoms with Gasteiger partial charge in [-0.15, -0.1) is 0 Å². The number of hydrogen-bond acceptors (Lipinski definition) is 2. The average Bonchev–Trinajstić information content (AvgIpc) is 3.04. The maximum Gasteiger partial charge on any atom is 0.0623 e. The van der Waals surface area contributed by atoms with Gasteiger partial charge in [-0.2, -0.15) is 0 Å². The molecule has 0 amide bonds. The van der Waals surface area contributed by atoms with Crippen molar-refractivity contribution in [2.24, 2.45) is 58.2 Å². The number of fused-ring (bicyclic) bond motifs is 5. The number of hydrogen-bond donors (Lipinski definition) is 2. The Morgan fingerprint density at radius 2 is 1.57 bits per heavy atom. The highest BCUT2D eigenvalue weighted by molar-refractivity contribution is 5.12. The van der Waals surface area contributed by atoms with Gasteiger partial charge in [0, 0.05) is 0 Å². The number of allylic oxidation sites excluding steroid dienone is 2. The summed E-state index contributed by atoms with van der Waals surface area (Å²) in [5.41, 5.74) is 0.494. The van der Waals surface area contributed by atoms with Crippen molar-refractivity contribution in [3.05, 3.63) is 12.2 Å². The molecule has 4 rings (SSSR count). The van der Waals surface area contributed by atoms with Crippen molar-refractivity contribution in [2.45, 2.75) is 105 Å². The molecule has 0 aromatic rings. The Morgan fingerprint density at radius 1 is 0.833 bits per heavy atom. The molecule has 0 aromatic heterocycles. The average molecular weight is 417 g/mol. The van der Waals surface area contributed by atoms with Crippen LogP contribution >= 0.6 is 0 Å². The lowest BCUT2D eigenvalue weighted by Crippen LogP contribution is -2.59. The first-order chi connectivity index (χ1) is 14.1. The van der Waals surface area contributed by atoms with Crippen LogP contribution in [0.25, 0.3) is 0 Å². The summed E-state index contributed by atoms with van der Waals surface area (Å²) < 4.78 is 0. The number of aliphatic hydroxyl groups excluding tert-OH is 2. The lowest BCUT2D eigenvalue weighted by Gasteiger charge is -2.62. The second kappa shape index (κ2) is 8.22. The molecular weight excluding hydrogens is 368 g/mol. The van der Waals surface area contributed by atoms with Crippen molar-refractivity contribution in [2.75, 3.05) is 0 Å². The Labute approximate surface area is 185 Å². The summed E-state index contributed by atoms with van der Waals surface area (Å²) in [4.78, 5) is 0. The highest BCUT2D eigenvalue weighted by atomic mass is 16.3. The third-order valence-electron chi connectivity index (χ3n) is 11.2. The van der Waals surface area contributed by atoms with Gasteiger partial charge in [-0.3, -0.25) is 0 Å². The number of rotatable bonds is 4. The molecule has 4 saturated carbocycles. The third-order valence-corrected chi connectivity index (χ3v) is 11.2. The SMILES string of the molecule is CC(C)[C@@H](C)/C=C/[C@@H](C)[C@H]1CC[C@H]2[C@@H]3CCC4C[C@@H](O)C[C@H](O)[C@]4(C)[C@H]3CC[C@]12C. The maximum atomic E-state index is 11.1. The van der Waals surface area contributed by atoms with Crippen LogP contribution < -0.4 is 0 Å². The summed E-state index contributed by atoms with van der Waals surface area (Å²) in [6, 6.07) is 0. The van der Waals surface area contributed by atoms with Crippen molar-refractivity contribution in [3.8, 4) is 0 Å². The molecule has 11 atom stereocenters. The molecule has 2 nitrogen and oxygen atoms in total. The van der Waals surface area contributed by atoms with Crippen LogP contribution in [0.4, 0.5) is 0 Å². The predicted octanol–water partition coefficient (Wildman–Crippen LogP) is 6.46. The molecule has 4 aliphatic rings. The molecule has 0 heterocycles. The first-order valence-electron chi connectivity index (χ1n) is 13.1. The molecule has 0 radical (unpaired) electrons. The van der Waals surface area contributed by atoms with Crippen LogP contribution in [-0.4, -0.2) is 22.4 Å². The fourth-order valence-electron chi connectivity index (χ4n) is 8.91. The van der Waals surface area contributed by atoms with E-state index in [9.17, 15) is 10.2 Å². The van der Waals surface area contributed by atoms with E-state index in [0.717, 1.165) is 24.2 Å². The largest absolute Gasteiger partial charge is 0.393 e. The molecule has 2 N–H and O–H groups in total. The van der Waals surface area contributed by atoms with Gasteiger partial charge in [0.1, 0.15) is 0 Å². The molecule has 2 heteroatoms. The Kier molecular flexibility index (Phi) is 6.26. The van der Waals surface area contributed by atoms with E-state index >= 15 is 0 Å². The minimum atomic E-state index is -0.319. The zero-order chi connectivity index (χ0) is 21.8. The van der Waals surface area contributed by atoms with E-state index in [-0.39, 0.29) is 17.6 Å². The highest BCUT2D eigenvalue weighted by Gasteiger charge is 2.62. The predicted molar refractivity (Wildman–Crippen MR) is 125 cm³/mol. The minimum Gasteiger partial charge on any atom is -0.393 e. The normalized spacial score (nSPS) is 50.8. The van der Waals surface area contributed by atoms with Gasteiger partial charge in [0.05, 0.1) is 12.2 Å². The van der Waals surface area contributed by atoms with Crippen LogP contribution in [0.3, 0.4) is 0 Å². The van der Waals surface area contributed by atoms with Crippen molar-refractivity contribution in [1.29, 1.82) is 0 Å². The van der Waals surface area contributed by atoms with Crippen LogP contribution in [-0.2, 0) is 0 Å². The number of aliphatic hydroxyl groups is 2. The smallest absolute Gasteiger partial charge is 0.0623 e. The summed E-state index contributed by atoms with van der Waals surface area (Å²) in [6.45, 7) is 14.5. The third kappa shape index (κ3) is 3.53. The summed E-state index contributed by atoms with van der Waals surface area (Å²) in [5, 5.41) is 21.4. The lowest BCUT2D eigenvalue weighted by atomic mass is 9.43. The van der Waals surface area contributed by atoms with Gasteiger partial charge in [0.15, 0.2) is 0 Å². The van der Waals surface area contributed by atoms with Gasteiger partial charge >= 0.3 is 0 Å². The Morgan fingerprint density at radius 3 is 2.27 bits per heavy atom. The summed E-state index contributed by atoms with van der Waals surface area (Å²) in [7, 11) is 0. The van der Waals surface area contributed by atoms with Gasteiger partial charge in [-0.25, -0.2) is 0 Å². The van der Waals surface area contributed by atoms with Gasteiger partial charge in [-0.1, -0.05) is 53.7 Å². The molecule has 0 aliphatic heterocycles. The van der Waals surface area contributed by atoms with E-state index in [1.807, 2.05) is 0 Å². The molecule has 1 unspecified atom stereocenters. The van der Waals surface area contributed by atoms with Crippen LogP contribution in [0.2, 0.25) is 0 Å². The fourth-order valence-corrected chi connectivity index (χ4v) is 8.91. The van der Waals surface area contributed by atoms with Crippen molar-refractivity contribution >= 4 is 0 Å². The van der Waals surface area contributed by atoms with Gasteiger partial charge < -0.3 is 10.2 Å². The first kappa shape index (κ1) is 22.8. The highest BCUT2D eigenvalue weighted by Crippen LogP contribution is 2.68. The molecular formula is C28H48O2. The lowest BCUT2D eigenvalue weighted by molar-refractivity contribution is -0.181. The topological polar surface area (TPSA) is 40.5 Å². The standard InChI is InChI=1S/C28H48O2/c1-17(2)18(3)7-8-19(4)23-11-12-24-22-10-9-20-15-21(29)16-26(30)28(20,6)25(22)13-14-27(23,24)5/h7-8,17-26,29-30H,9-16H2,1-6H3/b8-7+/t18-,19+,20?,21+,22-,23+,24-,25-,26-,27+,28-/m0/s1. The zero-order valence-corrected chi connectivity index (χ0v) is 20.5. The van der Waals surface area contributed by atoms with Crippen LogP contribution in [0.1, 0.15) is 92.9 Å². The molecule has 0 spiro atoms. The minimum absolute atomic E-state index is 0.0276. The Hall–Kier alpha value is -0.340. The van der Waals surface area contributed by atoms with Gasteiger partial charge in [0.25, 0.3) is 0 Å². The quantitative estimate of drug-likeness (QED) is 0.516. The Balaban J connectivity index is 1.53. The van der Waals surface area contributed by atoms with Crippen molar-refractivity contribution < 1.29 is 10.2 Å². The fraction of sp³-hybridized carbons (Fsp3) is 0.929. The monoisotopic (exact) mass is 416 g/mol. The second-order valence-corrected chi connectivity index (χ2v) is 12.7. The molecule has 4 aliphatic carbocycles. The molecule has 4 fully saturated rings. The maximum absolute atomic E-state index is 11.1. The molecule has 0 bridgehead atoms. The molecule has 30 heavy (non-hydrogen) atoms. The van der Waals surface area contributed by atoms with Crippen LogP contribution in [0.5, 0.6) is 0 Å². The summed E-state index contributed by atoms with van der Waals surface area (Å²) in [5.74, 6) is 5.63. The Bertz CT molecular complexity index is 641. The van der Waals surface area contributed by atoms with E-state index in [1.165, 1.54) is 38.5 Å². The van der Waals surface area contributed by atoms with Crippen LogP contribution in [0, 0.1) is 58.2 Å². The second-order valence-electron chi connectivity index (χ2n) is 12.7. The van der Waals surface area contributed by atoms with Crippen LogP contribution in [0.15, 0.2) is 12.2 Å². The van der Waals surface area contributed by atoms with Gasteiger partial charge in [0.2, 0.25) is 0 Å². The molecule has 172 valence electrons. The molecule has 0 aromatic carbocycles. The van der Waals surface area contributed by atoms with E-state index < -0.39 is 0 Å². The summed E-state index contributed by atoms with van der Waals surface area (Å²) in [6.07, 6.45) is 13.8. The zero-order valence-electron chi connectivity index (χ0n) is 20.5. The van der Waals surface area contributed by atoms with Crippen molar-refractivity contribution in [3.63, 3.8) is 0 Å². The van der Waals surface area contributed by atoms with Gasteiger partial charge in [-0.05, 0) is 110 Å². The summed E-state index contributed by atoms with van der Waals surface area (Å²) >= 11 is 0. The van der Waals surface area contributed by atoms with Crippen molar-refractivity contribution in [1.82, 2.24) is 0 Å². The molecule has 0 saturated heterocycles. The van der Waals surface area contributed by atoms with E-state index in [2.05, 4.69) is 53.7 Å². The van der Waals surface area contributed by atoms with E-state index in [1.54, 1.807) is 0 Å². The van der Waals surface area contributed by atoms with E-state index in [4.69, 9.17) is 0 Å².